The minimum atomic E-state index is -0.0361. The van der Waals surface area contributed by atoms with Crippen LogP contribution in [0.25, 0.3) is 0 Å². The van der Waals surface area contributed by atoms with Crippen LogP contribution in [-0.4, -0.2) is 25.5 Å². The molecule has 1 saturated heterocycles. The molecule has 3 nitrogen and oxygen atoms in total. The number of benzene rings is 1. The molecule has 2 N–H and O–H groups in total. The monoisotopic (exact) mass is 288 g/mol. The molecule has 0 spiro atoms. The summed E-state index contributed by atoms with van der Waals surface area (Å²) in [4.78, 5) is 11.9. The van der Waals surface area contributed by atoms with Crippen LogP contribution >= 0.6 is 24.0 Å². The molecule has 0 radical (unpaired) electrons. The number of nitrogens with one attached hydrogen (secondary N) is 2. The van der Waals surface area contributed by atoms with Gasteiger partial charge < -0.3 is 10.6 Å². The number of carbonyl (C=O) groups excluding carboxylic acids is 1. The highest BCUT2D eigenvalue weighted by molar-refractivity contribution is 6.30. The fourth-order valence-corrected chi connectivity index (χ4v) is 2.24. The molecule has 1 aliphatic heterocycles. The zero-order valence-electron chi connectivity index (χ0n) is 10.1. The second-order valence-electron chi connectivity index (χ2n) is 4.41. The van der Waals surface area contributed by atoms with E-state index in [1.807, 2.05) is 0 Å². The van der Waals surface area contributed by atoms with E-state index < -0.39 is 0 Å². The Morgan fingerprint density at radius 3 is 2.78 bits per heavy atom. The van der Waals surface area contributed by atoms with Crippen molar-refractivity contribution < 1.29 is 4.79 Å². The molecule has 1 heterocycles. The zero-order chi connectivity index (χ0) is 12.1. The number of halogens is 2. The van der Waals surface area contributed by atoms with Crippen LogP contribution < -0.4 is 10.6 Å². The van der Waals surface area contributed by atoms with Crippen LogP contribution in [0.3, 0.4) is 0 Å². The molecule has 1 amide bonds. The van der Waals surface area contributed by atoms with Gasteiger partial charge in [0, 0.05) is 17.1 Å². The van der Waals surface area contributed by atoms with Gasteiger partial charge in [0.1, 0.15) is 0 Å². The summed E-state index contributed by atoms with van der Waals surface area (Å²) in [5.74, 6) is 0.561. The highest BCUT2D eigenvalue weighted by Crippen LogP contribution is 2.12. The van der Waals surface area contributed by atoms with E-state index in [9.17, 15) is 4.79 Å². The Balaban J connectivity index is 0.00000162. The van der Waals surface area contributed by atoms with Crippen molar-refractivity contribution in [1.29, 1.82) is 0 Å². The van der Waals surface area contributed by atoms with E-state index in [1.165, 1.54) is 0 Å². The molecule has 2 rings (SSSR count). The Labute approximate surface area is 119 Å². The van der Waals surface area contributed by atoms with Crippen molar-refractivity contribution in [3.05, 3.63) is 34.9 Å². The first-order valence-corrected chi connectivity index (χ1v) is 6.38. The lowest BCUT2D eigenvalue weighted by Crippen LogP contribution is -2.35. The molecule has 0 bridgehead atoms. The molecule has 5 heteroatoms. The Morgan fingerprint density at radius 1 is 1.39 bits per heavy atom. The number of piperidine rings is 1. The summed E-state index contributed by atoms with van der Waals surface area (Å²) in [6, 6.07) is 7.04. The van der Waals surface area contributed by atoms with Crippen LogP contribution in [0.1, 0.15) is 23.2 Å². The van der Waals surface area contributed by atoms with Gasteiger partial charge in [-0.05, 0) is 50.0 Å². The third-order valence-corrected chi connectivity index (χ3v) is 3.33. The standard InChI is InChI=1S/C13H17ClN2O.ClH/c14-12-3-1-2-11(8-12)13(17)16-9-10-4-6-15-7-5-10;/h1-3,8,10,15H,4-7,9H2,(H,16,17);1H. The molecule has 0 saturated carbocycles. The van der Waals surface area contributed by atoms with E-state index in [2.05, 4.69) is 10.6 Å². The maximum atomic E-state index is 11.9. The predicted molar refractivity (Wildman–Crippen MR) is 76.6 cm³/mol. The molecule has 1 aliphatic rings. The number of hydrogen-bond donors (Lipinski definition) is 2. The predicted octanol–water partition coefficient (Wildman–Crippen LogP) is 2.49. The van der Waals surface area contributed by atoms with Crippen molar-refractivity contribution in [1.82, 2.24) is 10.6 Å². The number of carbonyl (C=O) groups is 1. The van der Waals surface area contributed by atoms with E-state index in [1.54, 1.807) is 24.3 Å². The van der Waals surface area contributed by atoms with Gasteiger partial charge in [0.25, 0.3) is 5.91 Å². The molecule has 0 aliphatic carbocycles. The van der Waals surface area contributed by atoms with Crippen LogP contribution in [-0.2, 0) is 0 Å². The van der Waals surface area contributed by atoms with Gasteiger partial charge >= 0.3 is 0 Å². The average molecular weight is 289 g/mol. The minimum Gasteiger partial charge on any atom is -0.352 e. The van der Waals surface area contributed by atoms with Gasteiger partial charge in [-0.1, -0.05) is 17.7 Å². The molecule has 100 valence electrons. The van der Waals surface area contributed by atoms with Crippen molar-refractivity contribution in [2.24, 2.45) is 5.92 Å². The minimum absolute atomic E-state index is 0. The molecular formula is C13H18Cl2N2O. The second kappa shape index (κ2) is 7.62. The zero-order valence-corrected chi connectivity index (χ0v) is 11.7. The van der Waals surface area contributed by atoms with Crippen molar-refractivity contribution in [3.63, 3.8) is 0 Å². The van der Waals surface area contributed by atoms with Gasteiger partial charge in [0.15, 0.2) is 0 Å². The second-order valence-corrected chi connectivity index (χ2v) is 4.85. The van der Waals surface area contributed by atoms with Crippen LogP contribution in [0.2, 0.25) is 5.02 Å². The first-order valence-electron chi connectivity index (χ1n) is 6.00. The quantitative estimate of drug-likeness (QED) is 0.897. The highest BCUT2D eigenvalue weighted by atomic mass is 35.5. The molecule has 1 aromatic rings. The molecule has 0 aromatic heterocycles. The molecule has 1 fully saturated rings. The third kappa shape index (κ3) is 4.48. The van der Waals surface area contributed by atoms with Crippen LogP contribution in [0, 0.1) is 5.92 Å². The maximum Gasteiger partial charge on any atom is 0.251 e. The van der Waals surface area contributed by atoms with Gasteiger partial charge in [0.05, 0.1) is 0 Å². The molecular weight excluding hydrogens is 271 g/mol. The fourth-order valence-electron chi connectivity index (χ4n) is 2.05. The Bertz CT molecular complexity index is 392. The number of rotatable bonds is 3. The normalized spacial score (nSPS) is 15.8. The van der Waals surface area contributed by atoms with Crippen molar-refractivity contribution in [2.45, 2.75) is 12.8 Å². The summed E-state index contributed by atoms with van der Waals surface area (Å²) in [5, 5.41) is 6.88. The summed E-state index contributed by atoms with van der Waals surface area (Å²) in [7, 11) is 0. The lowest BCUT2D eigenvalue weighted by Gasteiger charge is -2.22. The largest absolute Gasteiger partial charge is 0.352 e. The summed E-state index contributed by atoms with van der Waals surface area (Å²) in [5.41, 5.74) is 0.631. The summed E-state index contributed by atoms with van der Waals surface area (Å²) < 4.78 is 0. The summed E-state index contributed by atoms with van der Waals surface area (Å²) in [6.45, 7) is 2.86. The first-order chi connectivity index (χ1) is 8.25. The fraction of sp³-hybridized carbons (Fsp3) is 0.462. The van der Waals surface area contributed by atoms with Gasteiger partial charge in [-0.2, -0.15) is 0 Å². The van der Waals surface area contributed by atoms with Crippen molar-refractivity contribution >= 4 is 29.9 Å². The summed E-state index contributed by atoms with van der Waals surface area (Å²) in [6.07, 6.45) is 2.27. The van der Waals surface area contributed by atoms with Crippen molar-refractivity contribution in [3.8, 4) is 0 Å². The SMILES string of the molecule is Cl.O=C(NCC1CCNCC1)c1cccc(Cl)c1. The van der Waals surface area contributed by atoms with E-state index in [0.717, 1.165) is 32.5 Å². The molecule has 1 aromatic carbocycles. The number of amides is 1. The van der Waals surface area contributed by atoms with Gasteiger partial charge in [-0.25, -0.2) is 0 Å². The van der Waals surface area contributed by atoms with Crippen LogP contribution in [0.15, 0.2) is 24.3 Å². The van der Waals surface area contributed by atoms with Crippen LogP contribution in [0.5, 0.6) is 0 Å². The van der Waals surface area contributed by atoms with E-state index >= 15 is 0 Å². The Morgan fingerprint density at radius 2 is 2.11 bits per heavy atom. The average Bonchev–Trinajstić information content (AvgIpc) is 2.37. The number of hydrogen-bond acceptors (Lipinski definition) is 2. The Kier molecular flexibility index (Phi) is 6.47. The third-order valence-electron chi connectivity index (χ3n) is 3.10. The van der Waals surface area contributed by atoms with E-state index in [0.29, 0.717) is 16.5 Å². The highest BCUT2D eigenvalue weighted by Gasteiger charge is 2.14. The maximum absolute atomic E-state index is 11.9. The van der Waals surface area contributed by atoms with E-state index in [4.69, 9.17) is 11.6 Å². The van der Waals surface area contributed by atoms with Gasteiger partial charge in [-0.15, -0.1) is 12.4 Å². The van der Waals surface area contributed by atoms with Gasteiger partial charge in [0.2, 0.25) is 0 Å². The van der Waals surface area contributed by atoms with E-state index in [-0.39, 0.29) is 18.3 Å². The van der Waals surface area contributed by atoms with Gasteiger partial charge in [-0.3, -0.25) is 4.79 Å². The Hall–Kier alpha value is -0.770. The lowest BCUT2D eigenvalue weighted by atomic mass is 9.98. The van der Waals surface area contributed by atoms with Crippen molar-refractivity contribution in [2.75, 3.05) is 19.6 Å². The topological polar surface area (TPSA) is 41.1 Å². The molecule has 18 heavy (non-hydrogen) atoms. The lowest BCUT2D eigenvalue weighted by molar-refractivity contribution is 0.0944. The summed E-state index contributed by atoms with van der Waals surface area (Å²) >= 11 is 5.85. The molecule has 0 atom stereocenters. The van der Waals surface area contributed by atoms with Crippen LogP contribution in [0.4, 0.5) is 0 Å². The molecule has 0 unspecified atom stereocenters. The smallest absolute Gasteiger partial charge is 0.251 e. The first kappa shape index (κ1) is 15.3.